The molecule has 0 aliphatic carbocycles. The molecule has 2 heterocycles. The first-order chi connectivity index (χ1) is 15.0. The molecule has 2 aliphatic heterocycles. The Morgan fingerprint density at radius 2 is 1.61 bits per heavy atom. The van der Waals surface area contributed by atoms with Crippen molar-refractivity contribution in [3.05, 3.63) is 18.2 Å². The van der Waals surface area contributed by atoms with Crippen molar-refractivity contribution >= 4 is 27.3 Å². The van der Waals surface area contributed by atoms with Crippen LogP contribution >= 0.6 is 0 Å². The van der Waals surface area contributed by atoms with Crippen molar-refractivity contribution in [1.82, 2.24) is 4.31 Å². The second-order valence-electron chi connectivity index (χ2n) is 8.01. The summed E-state index contributed by atoms with van der Waals surface area (Å²) in [5.74, 6) is -0.0769. The van der Waals surface area contributed by atoms with Gasteiger partial charge in [-0.05, 0) is 24.6 Å². The fraction of sp³-hybridized carbons (Fsp3) is 0.682. The highest BCUT2D eigenvalue weighted by molar-refractivity contribution is 7.89. The van der Waals surface area contributed by atoms with Gasteiger partial charge in [0, 0.05) is 32.6 Å². The Hall–Kier alpha value is -1.68. The minimum atomic E-state index is -3.64. The van der Waals surface area contributed by atoms with Gasteiger partial charge in [0.15, 0.2) is 0 Å². The molecule has 0 unspecified atom stereocenters. The fourth-order valence-corrected chi connectivity index (χ4v) is 5.33. The molecule has 2 aliphatic rings. The van der Waals surface area contributed by atoms with Crippen molar-refractivity contribution in [1.29, 1.82) is 0 Å². The summed E-state index contributed by atoms with van der Waals surface area (Å²) < 4.78 is 38.4. The summed E-state index contributed by atoms with van der Waals surface area (Å²) >= 11 is 0. The quantitative estimate of drug-likeness (QED) is 0.548. The van der Waals surface area contributed by atoms with E-state index in [-0.39, 0.29) is 10.8 Å². The van der Waals surface area contributed by atoms with Gasteiger partial charge in [-0.3, -0.25) is 4.79 Å². The third kappa shape index (κ3) is 6.65. The number of hydrogen-bond donors (Lipinski definition) is 1. The molecule has 8 nitrogen and oxygen atoms in total. The summed E-state index contributed by atoms with van der Waals surface area (Å²) in [5.41, 5.74) is 1.39. The molecule has 0 aromatic heterocycles. The van der Waals surface area contributed by atoms with Crippen LogP contribution in [-0.2, 0) is 24.3 Å². The number of carbonyl (C=O) groups excluding carboxylic acids is 1. The Morgan fingerprint density at radius 1 is 0.968 bits per heavy atom. The molecular weight excluding hydrogens is 418 g/mol. The van der Waals surface area contributed by atoms with E-state index in [9.17, 15) is 13.2 Å². The number of ether oxygens (including phenoxy) is 2. The van der Waals surface area contributed by atoms with Crippen LogP contribution in [0.1, 0.15) is 45.4 Å². The first kappa shape index (κ1) is 24.0. The van der Waals surface area contributed by atoms with E-state index in [1.165, 1.54) is 17.1 Å². The van der Waals surface area contributed by atoms with E-state index < -0.39 is 10.0 Å². The fourth-order valence-electron chi connectivity index (χ4n) is 3.89. The van der Waals surface area contributed by atoms with Crippen LogP contribution in [0.15, 0.2) is 23.1 Å². The Bertz CT molecular complexity index is 818. The van der Waals surface area contributed by atoms with Gasteiger partial charge in [-0.15, -0.1) is 0 Å². The second kappa shape index (κ2) is 11.8. The molecule has 2 saturated heterocycles. The zero-order chi connectivity index (χ0) is 22.1. The van der Waals surface area contributed by atoms with Gasteiger partial charge in [0.2, 0.25) is 15.9 Å². The molecule has 3 rings (SSSR count). The molecule has 9 heteroatoms. The first-order valence-corrected chi connectivity index (χ1v) is 12.8. The van der Waals surface area contributed by atoms with E-state index >= 15 is 0 Å². The number of nitrogens with zero attached hydrogens (tertiary/aromatic N) is 2. The molecule has 1 amide bonds. The van der Waals surface area contributed by atoms with Crippen LogP contribution in [0, 0.1) is 0 Å². The van der Waals surface area contributed by atoms with Crippen LogP contribution in [0.25, 0.3) is 0 Å². The normalized spacial score (nSPS) is 18.2. The van der Waals surface area contributed by atoms with Crippen LogP contribution in [-0.4, -0.2) is 71.2 Å². The lowest BCUT2D eigenvalue weighted by molar-refractivity contribution is -0.116. The number of sulfonamides is 1. The van der Waals surface area contributed by atoms with Crippen LogP contribution in [0.2, 0.25) is 0 Å². The Morgan fingerprint density at radius 3 is 2.29 bits per heavy atom. The first-order valence-electron chi connectivity index (χ1n) is 11.4. The Balaban J connectivity index is 1.77. The maximum atomic E-state index is 13.1. The number of hydrogen-bond acceptors (Lipinski definition) is 6. The predicted molar refractivity (Wildman–Crippen MR) is 121 cm³/mol. The molecule has 0 spiro atoms. The molecule has 174 valence electrons. The zero-order valence-electron chi connectivity index (χ0n) is 18.5. The van der Waals surface area contributed by atoms with Gasteiger partial charge in [-0.2, -0.15) is 4.31 Å². The van der Waals surface area contributed by atoms with Crippen LogP contribution in [0.5, 0.6) is 0 Å². The lowest BCUT2D eigenvalue weighted by atomic mass is 10.1. The monoisotopic (exact) mass is 453 g/mol. The molecule has 0 atom stereocenters. The summed E-state index contributed by atoms with van der Waals surface area (Å²) in [6, 6.07) is 5.04. The summed E-state index contributed by atoms with van der Waals surface area (Å²) in [5, 5.41) is 2.99. The SMILES string of the molecule is CCCCCCCC(=O)Nc1cc(S(=O)(=O)N2CCOCC2)ccc1N1CCOCC1. The standard InChI is InChI=1S/C22H35N3O5S/c1-2-3-4-5-6-7-22(26)23-20-18-19(31(27,28)25-12-16-30-17-13-25)8-9-21(20)24-10-14-29-15-11-24/h8-9,18H,2-7,10-17H2,1H3,(H,23,26). The molecule has 0 saturated carbocycles. The predicted octanol–water partition coefficient (Wildman–Crippen LogP) is 2.84. The smallest absolute Gasteiger partial charge is 0.243 e. The lowest BCUT2D eigenvalue weighted by Crippen LogP contribution is -2.40. The highest BCUT2D eigenvalue weighted by Crippen LogP contribution is 2.31. The second-order valence-corrected chi connectivity index (χ2v) is 9.95. The van der Waals surface area contributed by atoms with E-state index in [0.29, 0.717) is 64.7 Å². The Kier molecular flexibility index (Phi) is 9.13. The number of unbranched alkanes of at least 4 members (excludes halogenated alkanes) is 4. The molecule has 0 bridgehead atoms. The number of nitrogens with one attached hydrogen (secondary N) is 1. The largest absolute Gasteiger partial charge is 0.379 e. The van der Waals surface area contributed by atoms with Gasteiger partial charge in [0.1, 0.15) is 0 Å². The third-order valence-electron chi connectivity index (χ3n) is 5.71. The van der Waals surface area contributed by atoms with E-state index in [1.54, 1.807) is 18.2 Å². The number of benzene rings is 1. The lowest BCUT2D eigenvalue weighted by Gasteiger charge is -2.31. The summed E-state index contributed by atoms with van der Waals surface area (Å²) in [7, 11) is -3.64. The van der Waals surface area contributed by atoms with Gasteiger partial charge >= 0.3 is 0 Å². The molecule has 1 N–H and O–H groups in total. The van der Waals surface area contributed by atoms with Gasteiger partial charge in [-0.1, -0.05) is 32.6 Å². The number of rotatable bonds is 10. The van der Waals surface area contributed by atoms with E-state index in [4.69, 9.17) is 9.47 Å². The van der Waals surface area contributed by atoms with E-state index in [1.807, 2.05) is 0 Å². The molecular formula is C22H35N3O5S. The summed E-state index contributed by atoms with van der Waals surface area (Å²) in [4.78, 5) is 14.9. The van der Waals surface area contributed by atoms with Crippen molar-refractivity contribution in [3.8, 4) is 0 Å². The molecule has 2 fully saturated rings. The maximum Gasteiger partial charge on any atom is 0.243 e. The van der Waals surface area contributed by atoms with Gasteiger partial charge in [0.05, 0.1) is 42.7 Å². The maximum absolute atomic E-state index is 13.1. The number of anilines is 2. The van der Waals surface area contributed by atoms with Crippen molar-refractivity contribution in [3.63, 3.8) is 0 Å². The number of amides is 1. The van der Waals surface area contributed by atoms with Gasteiger partial charge in [0.25, 0.3) is 0 Å². The summed E-state index contributed by atoms with van der Waals surface area (Å²) in [6.45, 7) is 6.26. The van der Waals surface area contributed by atoms with Crippen LogP contribution in [0.3, 0.4) is 0 Å². The van der Waals surface area contributed by atoms with Crippen molar-refractivity contribution in [2.75, 3.05) is 62.8 Å². The molecule has 1 aromatic carbocycles. The van der Waals surface area contributed by atoms with Gasteiger partial charge in [-0.25, -0.2) is 8.42 Å². The average Bonchev–Trinajstić information content (AvgIpc) is 2.80. The minimum Gasteiger partial charge on any atom is -0.379 e. The Labute approximate surface area is 185 Å². The highest BCUT2D eigenvalue weighted by atomic mass is 32.2. The third-order valence-corrected chi connectivity index (χ3v) is 7.60. The number of carbonyl (C=O) groups is 1. The van der Waals surface area contributed by atoms with E-state index in [0.717, 1.165) is 24.9 Å². The average molecular weight is 454 g/mol. The summed E-state index contributed by atoms with van der Waals surface area (Å²) in [6.07, 6.45) is 5.79. The molecule has 1 aromatic rings. The van der Waals surface area contributed by atoms with Crippen molar-refractivity contribution in [2.24, 2.45) is 0 Å². The molecule has 0 radical (unpaired) electrons. The zero-order valence-corrected chi connectivity index (χ0v) is 19.3. The number of morpholine rings is 2. The highest BCUT2D eigenvalue weighted by Gasteiger charge is 2.28. The van der Waals surface area contributed by atoms with Crippen LogP contribution in [0.4, 0.5) is 11.4 Å². The van der Waals surface area contributed by atoms with Crippen molar-refractivity contribution < 1.29 is 22.7 Å². The van der Waals surface area contributed by atoms with Crippen LogP contribution < -0.4 is 10.2 Å². The van der Waals surface area contributed by atoms with Crippen molar-refractivity contribution in [2.45, 2.75) is 50.3 Å². The molecule has 31 heavy (non-hydrogen) atoms. The topological polar surface area (TPSA) is 88.2 Å². The van der Waals surface area contributed by atoms with E-state index in [2.05, 4.69) is 17.1 Å². The minimum absolute atomic E-state index is 0.0769. The van der Waals surface area contributed by atoms with Gasteiger partial charge < -0.3 is 19.7 Å².